The summed E-state index contributed by atoms with van der Waals surface area (Å²) in [5.41, 5.74) is 0.774. The van der Waals surface area contributed by atoms with Crippen molar-refractivity contribution in [1.82, 2.24) is 0 Å². The average molecular weight is 262 g/mol. The molecule has 0 amide bonds. The Kier molecular flexibility index (Phi) is 3.39. The molecule has 0 aromatic heterocycles. The maximum absolute atomic E-state index is 12.1. The molecule has 0 unspecified atom stereocenters. The number of aliphatic hydroxyl groups is 1. The topological polar surface area (TPSA) is 55.8 Å². The van der Waals surface area contributed by atoms with Gasteiger partial charge in [-0.15, -0.1) is 0 Å². The average Bonchev–Trinajstić information content (AvgIpc) is 2.90. The van der Waals surface area contributed by atoms with Gasteiger partial charge in [0.15, 0.2) is 5.79 Å². The van der Waals surface area contributed by atoms with E-state index in [0.29, 0.717) is 32.5 Å². The maximum Gasteiger partial charge on any atom is 0.169 e. The molecule has 0 radical (unpaired) electrons. The Morgan fingerprint density at radius 2 is 1.89 bits per heavy atom. The van der Waals surface area contributed by atoms with Crippen LogP contribution in [0, 0.1) is 5.92 Å². The standard InChI is InChI=1S/C15H18O4/c16-13-6-7-15(18-8-9-19-15)10-12(13)14(17)11-4-2-1-3-5-11/h1-5,12,14,17H,6-10H2/t12-,14-/m1/s1. The summed E-state index contributed by atoms with van der Waals surface area (Å²) in [5.74, 6) is -0.982. The first kappa shape index (κ1) is 12.8. The van der Waals surface area contributed by atoms with Crippen LogP contribution in [-0.4, -0.2) is 29.9 Å². The number of hydrogen-bond acceptors (Lipinski definition) is 4. The minimum atomic E-state index is -0.779. The van der Waals surface area contributed by atoms with Gasteiger partial charge >= 0.3 is 0 Å². The zero-order chi connectivity index (χ0) is 13.3. The molecular weight excluding hydrogens is 244 g/mol. The Balaban J connectivity index is 1.80. The van der Waals surface area contributed by atoms with E-state index in [4.69, 9.17) is 9.47 Å². The van der Waals surface area contributed by atoms with Crippen LogP contribution in [0.5, 0.6) is 0 Å². The number of rotatable bonds is 2. The zero-order valence-corrected chi connectivity index (χ0v) is 10.7. The van der Waals surface area contributed by atoms with E-state index < -0.39 is 17.8 Å². The molecule has 2 aliphatic rings. The lowest BCUT2D eigenvalue weighted by molar-refractivity contribution is -0.196. The molecule has 1 N–H and O–H groups in total. The molecule has 2 atom stereocenters. The van der Waals surface area contributed by atoms with E-state index in [1.54, 1.807) is 0 Å². The van der Waals surface area contributed by atoms with Gasteiger partial charge in [-0.25, -0.2) is 0 Å². The molecule has 1 aliphatic heterocycles. The van der Waals surface area contributed by atoms with Gasteiger partial charge in [0.25, 0.3) is 0 Å². The van der Waals surface area contributed by atoms with E-state index >= 15 is 0 Å². The first-order chi connectivity index (χ1) is 9.20. The number of aliphatic hydroxyl groups excluding tert-OH is 1. The Morgan fingerprint density at radius 1 is 1.21 bits per heavy atom. The number of ketones is 1. The molecule has 1 saturated carbocycles. The quantitative estimate of drug-likeness (QED) is 0.883. The van der Waals surface area contributed by atoms with Crippen molar-refractivity contribution in [1.29, 1.82) is 0 Å². The second-order valence-electron chi connectivity index (χ2n) is 5.24. The lowest BCUT2D eigenvalue weighted by Crippen LogP contribution is -2.42. The van der Waals surface area contributed by atoms with Crippen molar-refractivity contribution in [2.24, 2.45) is 5.92 Å². The molecular formula is C15H18O4. The number of ether oxygens (including phenoxy) is 2. The van der Waals surface area contributed by atoms with Crippen LogP contribution in [0.3, 0.4) is 0 Å². The SMILES string of the molecule is O=C1CCC2(C[C@H]1[C@H](O)c1ccccc1)OCCO2. The van der Waals surface area contributed by atoms with Gasteiger partial charge in [0.05, 0.1) is 25.2 Å². The molecule has 3 rings (SSSR count). The molecule has 1 aromatic carbocycles. The Morgan fingerprint density at radius 3 is 2.58 bits per heavy atom. The normalized spacial score (nSPS) is 27.6. The molecule has 1 heterocycles. The monoisotopic (exact) mass is 262 g/mol. The summed E-state index contributed by atoms with van der Waals surface area (Å²) < 4.78 is 11.3. The minimum Gasteiger partial charge on any atom is -0.388 e. The fourth-order valence-corrected chi connectivity index (χ4v) is 2.98. The maximum atomic E-state index is 12.1. The van der Waals surface area contributed by atoms with Gasteiger partial charge in [-0.3, -0.25) is 4.79 Å². The van der Waals surface area contributed by atoms with Crippen molar-refractivity contribution in [2.45, 2.75) is 31.2 Å². The van der Waals surface area contributed by atoms with Gasteiger partial charge in [0.1, 0.15) is 5.78 Å². The fraction of sp³-hybridized carbons (Fsp3) is 0.533. The lowest BCUT2D eigenvalue weighted by Gasteiger charge is -2.37. The third kappa shape index (κ3) is 2.43. The summed E-state index contributed by atoms with van der Waals surface area (Å²) in [4.78, 5) is 12.1. The zero-order valence-electron chi connectivity index (χ0n) is 10.7. The first-order valence-corrected chi connectivity index (χ1v) is 6.74. The summed E-state index contributed by atoms with van der Waals surface area (Å²) in [5, 5.41) is 10.4. The highest BCUT2D eigenvalue weighted by atomic mass is 16.7. The van der Waals surface area contributed by atoms with E-state index in [2.05, 4.69) is 0 Å². The summed E-state index contributed by atoms with van der Waals surface area (Å²) in [6.45, 7) is 1.14. The van der Waals surface area contributed by atoms with E-state index in [1.807, 2.05) is 30.3 Å². The Bertz CT molecular complexity index is 450. The van der Waals surface area contributed by atoms with E-state index in [1.165, 1.54) is 0 Å². The van der Waals surface area contributed by atoms with Crippen molar-refractivity contribution >= 4 is 5.78 Å². The van der Waals surface area contributed by atoms with Gasteiger partial charge in [-0.1, -0.05) is 30.3 Å². The molecule has 2 fully saturated rings. The lowest BCUT2D eigenvalue weighted by atomic mass is 9.78. The third-order valence-corrected chi connectivity index (χ3v) is 4.03. The molecule has 4 nitrogen and oxygen atoms in total. The van der Waals surface area contributed by atoms with Crippen molar-refractivity contribution in [3.63, 3.8) is 0 Å². The number of benzene rings is 1. The van der Waals surface area contributed by atoms with E-state index in [9.17, 15) is 9.90 Å². The van der Waals surface area contributed by atoms with Crippen LogP contribution in [0.4, 0.5) is 0 Å². The predicted octanol–water partition coefficient (Wildman–Crippen LogP) is 1.83. The summed E-state index contributed by atoms with van der Waals surface area (Å²) >= 11 is 0. The van der Waals surface area contributed by atoms with Crippen LogP contribution in [0.25, 0.3) is 0 Å². The molecule has 1 aliphatic carbocycles. The smallest absolute Gasteiger partial charge is 0.169 e. The molecule has 19 heavy (non-hydrogen) atoms. The fourth-order valence-electron chi connectivity index (χ4n) is 2.98. The van der Waals surface area contributed by atoms with Gasteiger partial charge in [-0.05, 0) is 5.56 Å². The van der Waals surface area contributed by atoms with E-state index in [-0.39, 0.29) is 5.78 Å². The molecule has 4 heteroatoms. The molecule has 1 spiro atoms. The van der Waals surface area contributed by atoms with Crippen LogP contribution in [-0.2, 0) is 14.3 Å². The number of hydrogen-bond donors (Lipinski definition) is 1. The highest BCUT2D eigenvalue weighted by molar-refractivity contribution is 5.82. The Hall–Kier alpha value is -1.23. The number of Topliss-reactive ketones (excluding diaryl/α,β-unsaturated/α-hetero) is 1. The largest absolute Gasteiger partial charge is 0.388 e. The van der Waals surface area contributed by atoms with Crippen LogP contribution >= 0.6 is 0 Å². The van der Waals surface area contributed by atoms with Gasteiger partial charge in [0, 0.05) is 19.3 Å². The van der Waals surface area contributed by atoms with Crippen LogP contribution in [0.15, 0.2) is 30.3 Å². The Labute approximate surface area is 112 Å². The van der Waals surface area contributed by atoms with Crippen molar-refractivity contribution in [3.8, 4) is 0 Å². The summed E-state index contributed by atoms with van der Waals surface area (Å²) in [6, 6.07) is 9.31. The predicted molar refractivity (Wildman–Crippen MR) is 68.4 cm³/mol. The van der Waals surface area contributed by atoms with Crippen molar-refractivity contribution in [3.05, 3.63) is 35.9 Å². The third-order valence-electron chi connectivity index (χ3n) is 4.03. The van der Waals surface area contributed by atoms with Crippen LogP contribution in [0.2, 0.25) is 0 Å². The number of carbonyl (C=O) groups is 1. The van der Waals surface area contributed by atoms with E-state index in [0.717, 1.165) is 5.56 Å². The molecule has 102 valence electrons. The second-order valence-corrected chi connectivity index (χ2v) is 5.24. The number of carbonyl (C=O) groups excluding carboxylic acids is 1. The second kappa shape index (κ2) is 5.04. The van der Waals surface area contributed by atoms with Crippen LogP contribution < -0.4 is 0 Å². The molecule has 0 bridgehead atoms. The van der Waals surface area contributed by atoms with Gasteiger partial charge in [0.2, 0.25) is 0 Å². The molecule has 1 aromatic rings. The van der Waals surface area contributed by atoms with Gasteiger partial charge in [-0.2, -0.15) is 0 Å². The minimum absolute atomic E-state index is 0.0982. The summed E-state index contributed by atoms with van der Waals surface area (Å²) in [6.07, 6.45) is 0.680. The van der Waals surface area contributed by atoms with Crippen molar-refractivity contribution in [2.75, 3.05) is 13.2 Å². The van der Waals surface area contributed by atoms with Crippen molar-refractivity contribution < 1.29 is 19.4 Å². The summed E-state index contributed by atoms with van der Waals surface area (Å²) in [7, 11) is 0. The highest BCUT2D eigenvalue weighted by Crippen LogP contribution is 2.41. The van der Waals surface area contributed by atoms with Crippen LogP contribution in [0.1, 0.15) is 30.9 Å². The van der Waals surface area contributed by atoms with Gasteiger partial charge < -0.3 is 14.6 Å². The molecule has 1 saturated heterocycles. The first-order valence-electron chi connectivity index (χ1n) is 6.74. The highest BCUT2D eigenvalue weighted by Gasteiger charge is 2.46.